The van der Waals surface area contributed by atoms with Crippen LogP contribution < -0.4 is 5.43 Å². The van der Waals surface area contributed by atoms with E-state index < -0.39 is 22.2 Å². The number of ether oxygens (including phenoxy) is 1. The first-order chi connectivity index (χ1) is 7.93. The van der Waals surface area contributed by atoms with Gasteiger partial charge in [-0.05, 0) is 6.92 Å². The third-order valence-corrected chi connectivity index (χ3v) is 2.42. The number of carbonyl (C=O) groups is 1. The number of allylic oxidation sites excluding steroid dienone is 1. The van der Waals surface area contributed by atoms with E-state index in [1.54, 1.807) is 0 Å². The van der Waals surface area contributed by atoms with Crippen molar-refractivity contribution in [3.05, 3.63) is 21.5 Å². The molecule has 0 saturated carbocycles. The number of halogens is 1. The Morgan fingerprint density at radius 1 is 1.71 bits per heavy atom. The van der Waals surface area contributed by atoms with Gasteiger partial charge in [-0.3, -0.25) is 15.1 Å². The number of rotatable bonds is 3. The summed E-state index contributed by atoms with van der Waals surface area (Å²) < 4.78 is 4.50. The fourth-order valence-corrected chi connectivity index (χ4v) is 1.74. The number of hydrogen-bond donors (Lipinski definition) is 1. The summed E-state index contributed by atoms with van der Waals surface area (Å²) in [7, 11) is 2.59. The second kappa shape index (κ2) is 5.11. The summed E-state index contributed by atoms with van der Waals surface area (Å²) in [6.07, 6.45) is 0. The van der Waals surface area contributed by atoms with E-state index in [4.69, 9.17) is 11.6 Å². The highest BCUT2D eigenvalue weighted by Gasteiger charge is 2.39. The molecule has 0 amide bonds. The third kappa shape index (κ3) is 2.37. The number of nitrogens with one attached hydrogen (secondary N) is 1. The second-order valence-corrected chi connectivity index (χ2v) is 3.46. The van der Waals surface area contributed by atoms with Gasteiger partial charge in [0, 0.05) is 7.05 Å². The van der Waals surface area contributed by atoms with Gasteiger partial charge in [0.2, 0.25) is 11.3 Å². The van der Waals surface area contributed by atoms with E-state index >= 15 is 0 Å². The quantitative estimate of drug-likeness (QED) is 0.254. The van der Waals surface area contributed by atoms with Crippen LogP contribution in [0.4, 0.5) is 0 Å². The van der Waals surface area contributed by atoms with E-state index in [2.05, 4.69) is 15.2 Å². The molecule has 0 aromatic rings. The Balaban J connectivity index is 3.41. The molecule has 1 unspecified atom stereocenters. The Labute approximate surface area is 102 Å². The van der Waals surface area contributed by atoms with Gasteiger partial charge in [0.15, 0.2) is 0 Å². The maximum Gasteiger partial charge on any atom is 0.363 e. The SMILES string of the molecule is CNN1C(C(=O)OC)=C([N+](=O)[O-])C(C)=NC1Cl. The lowest BCUT2D eigenvalue weighted by atomic mass is 10.2. The molecule has 8 nitrogen and oxygen atoms in total. The minimum absolute atomic E-state index is 0.0712. The molecule has 9 heteroatoms. The van der Waals surface area contributed by atoms with Gasteiger partial charge in [0.25, 0.3) is 0 Å². The van der Waals surface area contributed by atoms with Crippen LogP contribution in [0.25, 0.3) is 0 Å². The molecule has 94 valence electrons. The van der Waals surface area contributed by atoms with Crippen LogP contribution >= 0.6 is 11.6 Å². The minimum Gasteiger partial charge on any atom is -0.464 e. The summed E-state index contributed by atoms with van der Waals surface area (Å²) in [5.41, 5.74) is 0.982. The van der Waals surface area contributed by atoms with Gasteiger partial charge in [-0.15, -0.1) is 0 Å². The standard InChI is InChI=1S/C8H11ClN4O4/c1-4-5(13(15)16)6(7(14)17-3)12(10-2)8(9)11-4/h8,10H,1-3H3. The average molecular weight is 263 g/mol. The van der Waals surface area contributed by atoms with Gasteiger partial charge < -0.3 is 4.74 Å². The van der Waals surface area contributed by atoms with E-state index in [0.29, 0.717) is 0 Å². The Kier molecular flexibility index (Phi) is 4.02. The maximum atomic E-state index is 11.6. The first-order valence-electron chi connectivity index (χ1n) is 4.56. The van der Waals surface area contributed by atoms with Crippen LogP contribution in [0, 0.1) is 10.1 Å². The second-order valence-electron chi connectivity index (χ2n) is 3.06. The zero-order chi connectivity index (χ0) is 13.2. The summed E-state index contributed by atoms with van der Waals surface area (Å²) >= 11 is 5.85. The van der Waals surface area contributed by atoms with Crippen molar-refractivity contribution in [2.45, 2.75) is 12.5 Å². The number of hydrazine groups is 1. The highest BCUT2D eigenvalue weighted by molar-refractivity contribution is 6.22. The van der Waals surface area contributed by atoms with Crippen molar-refractivity contribution in [1.29, 1.82) is 0 Å². The lowest BCUT2D eigenvalue weighted by molar-refractivity contribution is -0.417. The normalized spacial score (nSPS) is 20.1. The van der Waals surface area contributed by atoms with Gasteiger partial charge in [-0.1, -0.05) is 11.6 Å². The molecular formula is C8H11ClN4O4. The molecule has 1 N–H and O–H groups in total. The Bertz CT molecular complexity index is 420. The van der Waals surface area contributed by atoms with Gasteiger partial charge in [-0.2, -0.15) is 0 Å². The van der Waals surface area contributed by atoms with Crippen LogP contribution in [0.1, 0.15) is 6.92 Å². The van der Waals surface area contributed by atoms with E-state index in [9.17, 15) is 14.9 Å². The zero-order valence-corrected chi connectivity index (χ0v) is 10.2. The van der Waals surface area contributed by atoms with E-state index in [-0.39, 0.29) is 11.4 Å². The molecule has 1 atom stereocenters. The van der Waals surface area contributed by atoms with Crippen LogP contribution in [0.15, 0.2) is 16.4 Å². The molecule has 17 heavy (non-hydrogen) atoms. The number of esters is 1. The number of nitro groups is 1. The van der Waals surface area contributed by atoms with Crippen molar-refractivity contribution in [2.24, 2.45) is 4.99 Å². The average Bonchev–Trinajstić information content (AvgIpc) is 2.26. The number of alkyl halides is 1. The first kappa shape index (κ1) is 13.4. The fraction of sp³-hybridized carbons (Fsp3) is 0.500. The summed E-state index contributed by atoms with van der Waals surface area (Å²) in [6.45, 7) is 1.41. The summed E-state index contributed by atoms with van der Waals surface area (Å²) in [6, 6.07) is 0. The van der Waals surface area contributed by atoms with Crippen LogP contribution in [-0.2, 0) is 9.53 Å². The van der Waals surface area contributed by atoms with E-state index in [1.807, 2.05) is 0 Å². The molecule has 0 spiro atoms. The highest BCUT2D eigenvalue weighted by Crippen LogP contribution is 2.23. The molecule has 1 rings (SSSR count). The molecule has 0 saturated heterocycles. The predicted molar refractivity (Wildman–Crippen MR) is 59.7 cm³/mol. The molecule has 0 aliphatic carbocycles. The first-order valence-corrected chi connectivity index (χ1v) is 5.00. The fourth-order valence-electron chi connectivity index (χ4n) is 1.40. The number of methoxy groups -OCH3 is 1. The van der Waals surface area contributed by atoms with Crippen LogP contribution in [-0.4, -0.2) is 41.4 Å². The smallest absolute Gasteiger partial charge is 0.363 e. The lowest BCUT2D eigenvalue weighted by Crippen LogP contribution is -2.46. The van der Waals surface area contributed by atoms with Gasteiger partial charge >= 0.3 is 11.7 Å². The molecule has 0 fully saturated rings. The minimum atomic E-state index is -0.946. The summed E-state index contributed by atoms with van der Waals surface area (Å²) in [5.74, 6) is -0.856. The Hall–Kier alpha value is -1.67. The van der Waals surface area contributed by atoms with Crippen molar-refractivity contribution in [3.63, 3.8) is 0 Å². The third-order valence-electron chi connectivity index (χ3n) is 2.12. The van der Waals surface area contributed by atoms with Gasteiger partial charge in [0.1, 0.15) is 5.71 Å². The molecule has 0 bridgehead atoms. The topological polar surface area (TPSA) is 97.1 Å². The lowest BCUT2D eigenvalue weighted by Gasteiger charge is -2.29. The molecule has 0 aromatic carbocycles. The maximum absolute atomic E-state index is 11.6. The molecule has 0 aromatic heterocycles. The molecular weight excluding hydrogens is 252 g/mol. The van der Waals surface area contributed by atoms with Crippen molar-refractivity contribution in [3.8, 4) is 0 Å². The van der Waals surface area contributed by atoms with Crippen molar-refractivity contribution in [2.75, 3.05) is 14.2 Å². The van der Waals surface area contributed by atoms with Crippen LogP contribution in [0.5, 0.6) is 0 Å². The molecule has 1 aliphatic heterocycles. The van der Waals surface area contributed by atoms with Crippen molar-refractivity contribution < 1.29 is 14.5 Å². The molecule has 1 aliphatic rings. The molecule has 0 radical (unpaired) electrons. The number of aliphatic imine (C=N–C) groups is 1. The van der Waals surface area contributed by atoms with Crippen LogP contribution in [0.2, 0.25) is 0 Å². The highest BCUT2D eigenvalue weighted by atomic mass is 35.5. The molecule has 1 heterocycles. The van der Waals surface area contributed by atoms with Crippen molar-refractivity contribution >= 4 is 23.3 Å². The van der Waals surface area contributed by atoms with E-state index in [0.717, 1.165) is 12.1 Å². The largest absolute Gasteiger partial charge is 0.464 e. The number of carbonyl (C=O) groups excluding carboxylic acids is 1. The van der Waals surface area contributed by atoms with Crippen molar-refractivity contribution in [1.82, 2.24) is 10.4 Å². The van der Waals surface area contributed by atoms with Gasteiger partial charge in [0.05, 0.1) is 12.0 Å². The number of hydrogen-bond acceptors (Lipinski definition) is 7. The van der Waals surface area contributed by atoms with Gasteiger partial charge in [-0.25, -0.2) is 15.2 Å². The zero-order valence-electron chi connectivity index (χ0n) is 9.43. The monoisotopic (exact) mass is 262 g/mol. The number of nitrogens with zero attached hydrogens (tertiary/aromatic N) is 3. The predicted octanol–water partition coefficient (Wildman–Crippen LogP) is 0.0810. The summed E-state index contributed by atoms with van der Waals surface area (Å²) in [5, 5.41) is 12.0. The van der Waals surface area contributed by atoms with Crippen LogP contribution in [0.3, 0.4) is 0 Å². The van der Waals surface area contributed by atoms with E-state index in [1.165, 1.54) is 14.0 Å². The summed E-state index contributed by atoms with van der Waals surface area (Å²) in [4.78, 5) is 25.6. The Morgan fingerprint density at radius 2 is 2.29 bits per heavy atom. The Morgan fingerprint density at radius 3 is 2.71 bits per heavy atom.